The molecule has 1 aromatic rings. The van der Waals surface area contributed by atoms with E-state index >= 15 is 0 Å². The maximum atomic E-state index is 12.1. The molecule has 0 radical (unpaired) electrons. The number of hydrogen-bond donors (Lipinski definition) is 1. The third kappa shape index (κ3) is 3.87. The van der Waals surface area contributed by atoms with Crippen molar-refractivity contribution in [3.8, 4) is 0 Å². The van der Waals surface area contributed by atoms with Gasteiger partial charge in [-0.1, -0.05) is 26.7 Å². The molecule has 0 aromatic carbocycles. The van der Waals surface area contributed by atoms with Gasteiger partial charge in [0.25, 0.3) is 5.56 Å². The van der Waals surface area contributed by atoms with Gasteiger partial charge in [-0.15, -0.1) is 0 Å². The average molecular weight is 356 g/mol. The molecule has 2 rings (SSSR count). The monoisotopic (exact) mass is 355 g/mol. The van der Waals surface area contributed by atoms with Crippen LogP contribution < -0.4 is 10.9 Å². The van der Waals surface area contributed by atoms with E-state index in [-0.39, 0.29) is 5.56 Å². The number of halogens is 1. The van der Waals surface area contributed by atoms with Gasteiger partial charge in [-0.05, 0) is 53.4 Å². The van der Waals surface area contributed by atoms with E-state index in [2.05, 4.69) is 40.2 Å². The molecule has 0 aliphatic heterocycles. The predicted octanol–water partition coefficient (Wildman–Crippen LogP) is 4.04. The summed E-state index contributed by atoms with van der Waals surface area (Å²) in [5.74, 6) is 0.708. The number of aromatic nitrogens is 2. The first-order chi connectivity index (χ1) is 9.97. The molecular formula is C16H26BrN3O. The Bertz CT molecular complexity index is 533. The third-order valence-corrected chi connectivity index (χ3v) is 5.21. The van der Waals surface area contributed by atoms with E-state index in [4.69, 9.17) is 0 Å². The lowest BCUT2D eigenvalue weighted by atomic mass is 9.78. The maximum absolute atomic E-state index is 12.1. The number of aryl methyl sites for hydroxylation is 1. The molecule has 0 unspecified atom stereocenters. The Morgan fingerprint density at radius 3 is 2.67 bits per heavy atom. The first-order valence-electron chi connectivity index (χ1n) is 7.97. The van der Waals surface area contributed by atoms with Crippen molar-refractivity contribution in [2.75, 3.05) is 11.9 Å². The number of nitrogens with zero attached hydrogens (tertiary/aromatic N) is 2. The van der Waals surface area contributed by atoms with Crippen LogP contribution in [0.15, 0.2) is 15.5 Å². The van der Waals surface area contributed by atoms with Crippen LogP contribution in [-0.4, -0.2) is 16.3 Å². The SMILES string of the molecule is CCn1ncc(NCC2(CC(C)C)CCCC2)c(Br)c1=O. The minimum atomic E-state index is -0.0631. The summed E-state index contributed by atoms with van der Waals surface area (Å²) in [7, 11) is 0. The number of nitrogens with one attached hydrogen (secondary N) is 1. The van der Waals surface area contributed by atoms with Crippen molar-refractivity contribution in [2.45, 2.75) is 59.4 Å². The van der Waals surface area contributed by atoms with E-state index in [1.54, 1.807) is 6.20 Å². The molecule has 0 bridgehead atoms. The second-order valence-corrected chi connectivity index (χ2v) is 7.44. The minimum Gasteiger partial charge on any atom is -0.382 e. The fourth-order valence-corrected chi connectivity index (χ4v) is 3.99. The number of hydrogen-bond acceptors (Lipinski definition) is 3. The molecule has 1 heterocycles. The summed E-state index contributed by atoms with van der Waals surface area (Å²) in [6.45, 7) is 8.03. The molecule has 0 atom stereocenters. The normalized spacial score (nSPS) is 17.4. The summed E-state index contributed by atoms with van der Waals surface area (Å²) in [4.78, 5) is 12.1. The fraction of sp³-hybridized carbons (Fsp3) is 0.750. The summed E-state index contributed by atoms with van der Waals surface area (Å²) in [5.41, 5.74) is 1.14. The van der Waals surface area contributed by atoms with Gasteiger partial charge in [0, 0.05) is 13.1 Å². The van der Waals surface area contributed by atoms with Gasteiger partial charge < -0.3 is 5.32 Å². The smallest absolute Gasteiger partial charge is 0.283 e. The summed E-state index contributed by atoms with van der Waals surface area (Å²) < 4.78 is 2.06. The fourth-order valence-electron chi connectivity index (χ4n) is 3.54. The lowest BCUT2D eigenvalue weighted by molar-refractivity contribution is 0.252. The molecule has 21 heavy (non-hydrogen) atoms. The molecule has 118 valence electrons. The molecule has 4 nitrogen and oxygen atoms in total. The standard InChI is InChI=1S/C16H26BrN3O/c1-4-20-15(21)14(17)13(10-19-20)18-11-16(9-12(2)3)7-5-6-8-16/h10,12,18H,4-9,11H2,1-3H3. The Kier molecular flexibility index (Phi) is 5.47. The van der Waals surface area contributed by atoms with Crippen molar-refractivity contribution in [2.24, 2.45) is 11.3 Å². The van der Waals surface area contributed by atoms with Gasteiger partial charge in [0.1, 0.15) is 4.47 Å². The molecule has 1 aliphatic rings. The zero-order chi connectivity index (χ0) is 15.5. The highest BCUT2D eigenvalue weighted by Gasteiger charge is 2.34. The largest absolute Gasteiger partial charge is 0.382 e. The number of anilines is 1. The van der Waals surface area contributed by atoms with E-state index in [0.717, 1.165) is 12.2 Å². The van der Waals surface area contributed by atoms with E-state index in [9.17, 15) is 4.79 Å². The van der Waals surface area contributed by atoms with Crippen LogP contribution in [0.2, 0.25) is 0 Å². The summed E-state index contributed by atoms with van der Waals surface area (Å²) in [5, 5.41) is 7.67. The maximum Gasteiger partial charge on any atom is 0.283 e. The molecule has 0 amide bonds. The van der Waals surface area contributed by atoms with Crippen LogP contribution in [0.25, 0.3) is 0 Å². The molecule has 1 aliphatic carbocycles. The van der Waals surface area contributed by atoms with Crippen LogP contribution in [-0.2, 0) is 6.54 Å². The molecule has 1 saturated carbocycles. The highest BCUT2D eigenvalue weighted by molar-refractivity contribution is 9.10. The van der Waals surface area contributed by atoms with E-state index in [1.807, 2.05) is 6.92 Å². The zero-order valence-electron chi connectivity index (χ0n) is 13.3. The first-order valence-corrected chi connectivity index (χ1v) is 8.76. The van der Waals surface area contributed by atoms with Crippen molar-refractivity contribution in [1.82, 2.24) is 9.78 Å². The van der Waals surface area contributed by atoms with Crippen molar-refractivity contribution in [3.05, 3.63) is 21.0 Å². The molecule has 0 spiro atoms. The van der Waals surface area contributed by atoms with E-state index < -0.39 is 0 Å². The first kappa shape index (κ1) is 16.5. The summed E-state index contributed by atoms with van der Waals surface area (Å²) in [6, 6.07) is 0. The Balaban J connectivity index is 2.11. The lowest BCUT2D eigenvalue weighted by Gasteiger charge is -2.31. The second kappa shape index (κ2) is 6.95. The van der Waals surface area contributed by atoms with Crippen molar-refractivity contribution >= 4 is 21.6 Å². The van der Waals surface area contributed by atoms with Gasteiger partial charge >= 0.3 is 0 Å². The van der Waals surface area contributed by atoms with Crippen molar-refractivity contribution in [1.29, 1.82) is 0 Å². The highest BCUT2D eigenvalue weighted by Crippen LogP contribution is 2.43. The van der Waals surface area contributed by atoms with E-state index in [0.29, 0.717) is 22.4 Å². The molecule has 1 fully saturated rings. The van der Waals surface area contributed by atoms with E-state index in [1.165, 1.54) is 36.8 Å². The average Bonchev–Trinajstić information content (AvgIpc) is 2.88. The van der Waals surface area contributed by atoms with Crippen molar-refractivity contribution in [3.63, 3.8) is 0 Å². The van der Waals surface area contributed by atoms with Crippen molar-refractivity contribution < 1.29 is 0 Å². The van der Waals surface area contributed by atoms with Gasteiger partial charge in [-0.25, -0.2) is 4.68 Å². The Morgan fingerprint density at radius 1 is 1.43 bits per heavy atom. The van der Waals surface area contributed by atoms with Gasteiger partial charge in [-0.2, -0.15) is 5.10 Å². The molecule has 1 N–H and O–H groups in total. The van der Waals surface area contributed by atoms with Gasteiger partial charge in [0.2, 0.25) is 0 Å². The topological polar surface area (TPSA) is 46.9 Å². The Labute approximate surface area is 135 Å². The summed E-state index contributed by atoms with van der Waals surface area (Å²) >= 11 is 3.41. The summed E-state index contributed by atoms with van der Waals surface area (Å²) in [6.07, 6.45) is 8.23. The molecular weight excluding hydrogens is 330 g/mol. The Morgan fingerprint density at radius 2 is 2.10 bits per heavy atom. The van der Waals surface area contributed by atoms with Crippen LogP contribution in [0.5, 0.6) is 0 Å². The quantitative estimate of drug-likeness (QED) is 0.837. The van der Waals surface area contributed by atoms with Crippen LogP contribution in [0.1, 0.15) is 52.9 Å². The van der Waals surface area contributed by atoms with Crippen LogP contribution in [0, 0.1) is 11.3 Å². The predicted molar refractivity (Wildman–Crippen MR) is 90.7 cm³/mol. The molecule has 5 heteroatoms. The third-order valence-electron chi connectivity index (χ3n) is 4.44. The zero-order valence-corrected chi connectivity index (χ0v) is 14.9. The van der Waals surface area contributed by atoms with Gasteiger partial charge in [0.05, 0.1) is 11.9 Å². The second-order valence-electron chi connectivity index (χ2n) is 6.65. The minimum absolute atomic E-state index is 0.0631. The van der Waals surface area contributed by atoms with Crippen LogP contribution >= 0.6 is 15.9 Å². The number of rotatable bonds is 6. The van der Waals surface area contributed by atoms with Gasteiger partial charge in [-0.3, -0.25) is 4.79 Å². The Hall–Kier alpha value is -0.840. The molecule has 1 aromatic heterocycles. The van der Waals surface area contributed by atoms with Gasteiger partial charge in [0.15, 0.2) is 0 Å². The van der Waals surface area contributed by atoms with Crippen LogP contribution in [0.4, 0.5) is 5.69 Å². The lowest BCUT2D eigenvalue weighted by Crippen LogP contribution is -2.30. The highest BCUT2D eigenvalue weighted by atomic mass is 79.9. The molecule has 0 saturated heterocycles. The van der Waals surface area contributed by atoms with Crippen LogP contribution in [0.3, 0.4) is 0 Å².